The molecule has 0 spiro atoms. The van der Waals surface area contributed by atoms with Gasteiger partial charge in [0.25, 0.3) is 5.56 Å². The summed E-state index contributed by atoms with van der Waals surface area (Å²) in [4.78, 5) is 38.9. The Kier molecular flexibility index (Phi) is 6.04. The second-order valence-electron chi connectivity index (χ2n) is 7.61. The number of aromatic amines is 1. The van der Waals surface area contributed by atoms with Crippen molar-refractivity contribution in [2.24, 2.45) is 0 Å². The number of thiophene rings is 1. The summed E-state index contributed by atoms with van der Waals surface area (Å²) in [6, 6.07) is 5.43. The smallest absolute Gasteiger partial charge is 0.259 e. The fourth-order valence-corrected chi connectivity index (χ4v) is 5.92. The van der Waals surface area contributed by atoms with Crippen LogP contribution >= 0.6 is 23.1 Å². The van der Waals surface area contributed by atoms with E-state index in [2.05, 4.69) is 25.4 Å². The van der Waals surface area contributed by atoms with Crippen LogP contribution in [0.1, 0.15) is 35.5 Å². The minimum atomic E-state index is -0.0750. The van der Waals surface area contributed by atoms with E-state index in [-0.39, 0.29) is 11.5 Å². The number of carbonyl (C=O) groups excluding carboxylic acids is 1. The van der Waals surface area contributed by atoms with Gasteiger partial charge < -0.3 is 10.3 Å². The number of carbonyl (C=O) groups is 1. The zero-order chi connectivity index (χ0) is 21.9. The highest BCUT2D eigenvalue weighted by Gasteiger charge is 2.19. The normalized spacial score (nSPS) is 13.2. The summed E-state index contributed by atoms with van der Waals surface area (Å²) in [5, 5.41) is 7.77. The summed E-state index contributed by atoms with van der Waals surface area (Å²) in [6.07, 6.45) is 9.84. The molecule has 4 aromatic heterocycles. The minimum absolute atomic E-state index is 0.0335. The Hall–Kier alpha value is -2.98. The molecule has 1 amide bonds. The van der Waals surface area contributed by atoms with E-state index in [1.807, 2.05) is 12.3 Å². The molecule has 0 unspecified atom stereocenters. The van der Waals surface area contributed by atoms with Crippen LogP contribution in [0.2, 0.25) is 0 Å². The molecule has 32 heavy (non-hydrogen) atoms. The maximum atomic E-state index is 12.6. The zero-order valence-corrected chi connectivity index (χ0v) is 19.0. The van der Waals surface area contributed by atoms with Crippen LogP contribution in [-0.4, -0.2) is 36.4 Å². The van der Waals surface area contributed by atoms with Gasteiger partial charge in [0, 0.05) is 29.4 Å². The van der Waals surface area contributed by atoms with Gasteiger partial charge in [-0.3, -0.25) is 9.59 Å². The Balaban J connectivity index is 1.13. The van der Waals surface area contributed by atoms with Crippen LogP contribution in [0.5, 0.6) is 0 Å². The maximum Gasteiger partial charge on any atom is 0.259 e. The lowest BCUT2D eigenvalue weighted by Crippen LogP contribution is -2.14. The SMILES string of the molecule is O=C(CCSCc1nc2sc3c(c2c(=O)[nH]1)CCCC3)Nc1ccc(-n2cccn2)nc1. The van der Waals surface area contributed by atoms with Gasteiger partial charge in [0.1, 0.15) is 10.7 Å². The van der Waals surface area contributed by atoms with E-state index in [0.717, 1.165) is 29.5 Å². The summed E-state index contributed by atoms with van der Waals surface area (Å²) in [5.74, 6) is 2.49. The first-order valence-corrected chi connectivity index (χ1v) is 12.5. The first-order chi connectivity index (χ1) is 15.7. The average molecular weight is 467 g/mol. The van der Waals surface area contributed by atoms with Crippen molar-refractivity contribution in [1.29, 1.82) is 0 Å². The standard InChI is InChI=1S/C22H22N6O2S2/c29-19(25-14-6-7-18(23-12-14)28-10-3-9-24-28)8-11-31-13-17-26-21(30)20-15-4-1-2-5-16(15)32-22(20)27-17/h3,6-7,9-10,12H,1-2,4-5,8,11,13H2,(H,25,29)(H,26,27,30). The molecule has 4 heterocycles. The lowest BCUT2D eigenvalue weighted by molar-refractivity contribution is -0.115. The molecule has 1 aliphatic rings. The Morgan fingerprint density at radius 1 is 1.28 bits per heavy atom. The molecule has 0 bridgehead atoms. The number of nitrogens with one attached hydrogen (secondary N) is 2. The summed E-state index contributed by atoms with van der Waals surface area (Å²) in [7, 11) is 0. The number of H-pyrrole nitrogens is 1. The molecule has 4 aromatic rings. The summed E-state index contributed by atoms with van der Waals surface area (Å²) in [6.45, 7) is 0. The number of hydrogen-bond donors (Lipinski definition) is 2. The number of thioether (sulfide) groups is 1. The van der Waals surface area contributed by atoms with Crippen LogP contribution in [0.15, 0.2) is 41.6 Å². The van der Waals surface area contributed by atoms with E-state index in [0.29, 0.717) is 35.3 Å². The second-order valence-corrected chi connectivity index (χ2v) is 9.80. The van der Waals surface area contributed by atoms with Crippen molar-refractivity contribution in [2.45, 2.75) is 37.9 Å². The van der Waals surface area contributed by atoms with Gasteiger partial charge >= 0.3 is 0 Å². The molecule has 164 valence electrons. The quantitative estimate of drug-likeness (QED) is 0.402. The number of amides is 1. The molecule has 0 saturated heterocycles. The predicted molar refractivity (Wildman–Crippen MR) is 128 cm³/mol. The van der Waals surface area contributed by atoms with E-state index in [4.69, 9.17) is 0 Å². The van der Waals surface area contributed by atoms with Gasteiger partial charge in [-0.1, -0.05) is 0 Å². The van der Waals surface area contributed by atoms with Crippen molar-refractivity contribution < 1.29 is 4.79 Å². The third kappa shape index (κ3) is 4.46. The number of pyridine rings is 1. The van der Waals surface area contributed by atoms with E-state index in [1.54, 1.807) is 52.3 Å². The molecule has 0 aliphatic heterocycles. The lowest BCUT2D eigenvalue weighted by atomic mass is 9.97. The van der Waals surface area contributed by atoms with Crippen LogP contribution in [0.4, 0.5) is 5.69 Å². The Morgan fingerprint density at radius 3 is 3.00 bits per heavy atom. The third-order valence-electron chi connectivity index (χ3n) is 5.36. The van der Waals surface area contributed by atoms with Crippen molar-refractivity contribution in [3.05, 3.63) is 63.4 Å². The fraction of sp³-hybridized carbons (Fsp3) is 0.318. The molecule has 5 rings (SSSR count). The first kappa shape index (κ1) is 20.9. The molecule has 8 nitrogen and oxygen atoms in total. The summed E-state index contributed by atoms with van der Waals surface area (Å²) in [5.41, 5.74) is 1.82. The Bertz CT molecular complexity index is 1290. The van der Waals surface area contributed by atoms with Crippen molar-refractivity contribution >= 4 is 44.9 Å². The number of aromatic nitrogens is 5. The van der Waals surface area contributed by atoms with Gasteiger partial charge in [0.05, 0.1) is 23.0 Å². The lowest BCUT2D eigenvalue weighted by Gasteiger charge is -2.09. The third-order valence-corrected chi connectivity index (χ3v) is 7.51. The van der Waals surface area contributed by atoms with Gasteiger partial charge in [-0.05, 0) is 49.4 Å². The molecule has 0 fully saturated rings. The van der Waals surface area contributed by atoms with Crippen molar-refractivity contribution in [2.75, 3.05) is 11.1 Å². The van der Waals surface area contributed by atoms with Gasteiger partial charge in [-0.25, -0.2) is 14.6 Å². The predicted octanol–water partition coefficient (Wildman–Crippen LogP) is 3.71. The zero-order valence-electron chi connectivity index (χ0n) is 17.3. The molecule has 10 heteroatoms. The Morgan fingerprint density at radius 2 is 2.19 bits per heavy atom. The molecule has 2 N–H and O–H groups in total. The summed E-state index contributed by atoms with van der Waals surface area (Å²) >= 11 is 3.24. The van der Waals surface area contributed by atoms with Crippen LogP contribution < -0.4 is 10.9 Å². The highest BCUT2D eigenvalue weighted by molar-refractivity contribution is 7.98. The van der Waals surface area contributed by atoms with Gasteiger partial charge in [0.15, 0.2) is 5.82 Å². The van der Waals surface area contributed by atoms with Crippen molar-refractivity contribution in [3.63, 3.8) is 0 Å². The summed E-state index contributed by atoms with van der Waals surface area (Å²) < 4.78 is 1.66. The number of hydrogen-bond acceptors (Lipinski definition) is 7. The molecule has 0 aromatic carbocycles. The molecular weight excluding hydrogens is 444 g/mol. The second kappa shape index (κ2) is 9.25. The van der Waals surface area contributed by atoms with E-state index < -0.39 is 0 Å². The van der Waals surface area contributed by atoms with Gasteiger partial charge in [-0.2, -0.15) is 16.9 Å². The highest BCUT2D eigenvalue weighted by Crippen LogP contribution is 2.33. The van der Waals surface area contributed by atoms with Crippen LogP contribution in [0.25, 0.3) is 16.0 Å². The minimum Gasteiger partial charge on any atom is -0.325 e. The number of rotatable bonds is 7. The molecular formula is C22H22N6O2S2. The Labute approximate surface area is 192 Å². The number of nitrogens with zero attached hydrogens (tertiary/aromatic N) is 4. The monoisotopic (exact) mass is 466 g/mol. The number of anilines is 1. The van der Waals surface area contributed by atoms with Crippen LogP contribution in [0.3, 0.4) is 0 Å². The molecule has 0 saturated carbocycles. The van der Waals surface area contributed by atoms with Crippen LogP contribution in [-0.2, 0) is 23.4 Å². The fourth-order valence-electron chi connectivity index (χ4n) is 3.83. The maximum absolute atomic E-state index is 12.6. The number of fused-ring (bicyclic) bond motifs is 3. The molecule has 1 aliphatic carbocycles. The van der Waals surface area contributed by atoms with E-state index in [9.17, 15) is 9.59 Å². The van der Waals surface area contributed by atoms with Crippen molar-refractivity contribution in [1.82, 2.24) is 24.7 Å². The van der Waals surface area contributed by atoms with Crippen molar-refractivity contribution in [3.8, 4) is 5.82 Å². The largest absolute Gasteiger partial charge is 0.325 e. The van der Waals surface area contributed by atoms with Gasteiger partial charge in [-0.15, -0.1) is 11.3 Å². The van der Waals surface area contributed by atoms with E-state index in [1.165, 1.54) is 16.9 Å². The molecule has 0 atom stereocenters. The molecule has 0 radical (unpaired) electrons. The number of aryl methyl sites for hydroxylation is 2. The topological polar surface area (TPSA) is 106 Å². The average Bonchev–Trinajstić information content (AvgIpc) is 3.45. The van der Waals surface area contributed by atoms with Gasteiger partial charge in [0.2, 0.25) is 5.91 Å². The first-order valence-electron chi connectivity index (χ1n) is 10.5. The highest BCUT2D eigenvalue weighted by atomic mass is 32.2. The van der Waals surface area contributed by atoms with Crippen LogP contribution in [0, 0.1) is 0 Å². The van der Waals surface area contributed by atoms with E-state index >= 15 is 0 Å².